The molecule has 2 aliphatic heterocycles. The Morgan fingerprint density at radius 2 is 2.46 bits per heavy atom. The predicted molar refractivity (Wildman–Crippen MR) is 48.3 cm³/mol. The van der Waals surface area contributed by atoms with Crippen LogP contribution in [0.15, 0.2) is 12.2 Å². The third kappa shape index (κ3) is 0.798. The molecule has 1 aliphatic carbocycles. The molecule has 2 bridgehead atoms. The molecule has 1 spiro atoms. The fourth-order valence-corrected chi connectivity index (χ4v) is 3.24. The van der Waals surface area contributed by atoms with Crippen molar-refractivity contribution in [3.8, 4) is 0 Å². The zero-order valence-corrected chi connectivity index (χ0v) is 7.82. The Bertz CT molecular complexity index is 294. The summed E-state index contributed by atoms with van der Waals surface area (Å²) in [7, 11) is 0. The van der Waals surface area contributed by atoms with E-state index in [-0.39, 0.29) is 17.6 Å². The van der Waals surface area contributed by atoms with Crippen molar-refractivity contribution in [2.45, 2.75) is 37.9 Å². The van der Waals surface area contributed by atoms with Gasteiger partial charge in [-0.3, -0.25) is 4.79 Å². The highest BCUT2D eigenvalue weighted by Gasteiger charge is 2.58. The number of ketones is 1. The van der Waals surface area contributed by atoms with Crippen LogP contribution in [0.1, 0.15) is 26.2 Å². The van der Waals surface area contributed by atoms with E-state index in [0.717, 1.165) is 19.3 Å². The maximum atomic E-state index is 11.8. The molecule has 2 nitrogen and oxygen atoms in total. The predicted octanol–water partition coefficient (Wildman–Crippen LogP) is 1.70. The lowest BCUT2D eigenvalue weighted by Gasteiger charge is -2.35. The number of carbonyl (C=O) groups is 1. The van der Waals surface area contributed by atoms with Crippen molar-refractivity contribution in [1.82, 2.24) is 0 Å². The second-order valence-electron chi connectivity index (χ2n) is 4.55. The third-order valence-electron chi connectivity index (χ3n) is 3.83. The maximum absolute atomic E-state index is 11.8. The van der Waals surface area contributed by atoms with Crippen LogP contribution in [0.5, 0.6) is 0 Å². The lowest BCUT2D eigenvalue weighted by atomic mass is 9.68. The molecule has 13 heavy (non-hydrogen) atoms. The van der Waals surface area contributed by atoms with E-state index < -0.39 is 0 Å². The van der Waals surface area contributed by atoms with Crippen LogP contribution in [0.25, 0.3) is 0 Å². The fourth-order valence-electron chi connectivity index (χ4n) is 3.24. The SMILES string of the molecule is C[C@@H]1[C@@H]2C=C[C@@]3(CCCC(=O)[C@@H]13)O2. The summed E-state index contributed by atoms with van der Waals surface area (Å²) in [5, 5.41) is 0. The van der Waals surface area contributed by atoms with Crippen LogP contribution < -0.4 is 0 Å². The zero-order chi connectivity index (χ0) is 9.05. The Kier molecular flexibility index (Phi) is 1.33. The Morgan fingerprint density at radius 3 is 3.23 bits per heavy atom. The van der Waals surface area contributed by atoms with Crippen molar-refractivity contribution in [3.63, 3.8) is 0 Å². The lowest BCUT2D eigenvalue weighted by molar-refractivity contribution is -0.131. The van der Waals surface area contributed by atoms with Crippen molar-refractivity contribution in [2.75, 3.05) is 0 Å². The van der Waals surface area contributed by atoms with Gasteiger partial charge in [0.15, 0.2) is 0 Å². The number of hydrogen-bond donors (Lipinski definition) is 0. The van der Waals surface area contributed by atoms with Crippen LogP contribution in [0.2, 0.25) is 0 Å². The maximum Gasteiger partial charge on any atom is 0.139 e. The van der Waals surface area contributed by atoms with Gasteiger partial charge in [-0.2, -0.15) is 0 Å². The van der Waals surface area contributed by atoms with Gasteiger partial charge < -0.3 is 4.74 Å². The minimum atomic E-state index is -0.181. The highest BCUT2D eigenvalue weighted by atomic mass is 16.5. The summed E-state index contributed by atoms with van der Waals surface area (Å²) in [6.07, 6.45) is 7.30. The van der Waals surface area contributed by atoms with Crippen LogP contribution in [0.3, 0.4) is 0 Å². The Hall–Kier alpha value is -0.630. The van der Waals surface area contributed by atoms with Crippen LogP contribution in [-0.2, 0) is 9.53 Å². The van der Waals surface area contributed by atoms with E-state index in [0.29, 0.717) is 11.7 Å². The first kappa shape index (κ1) is 7.74. The van der Waals surface area contributed by atoms with Gasteiger partial charge in [0.1, 0.15) is 5.78 Å². The Morgan fingerprint density at radius 1 is 1.62 bits per heavy atom. The van der Waals surface area contributed by atoms with E-state index in [4.69, 9.17) is 4.74 Å². The van der Waals surface area contributed by atoms with Crippen molar-refractivity contribution < 1.29 is 9.53 Å². The molecule has 2 fully saturated rings. The van der Waals surface area contributed by atoms with Crippen LogP contribution in [0, 0.1) is 11.8 Å². The van der Waals surface area contributed by atoms with E-state index in [2.05, 4.69) is 19.1 Å². The number of fused-ring (bicyclic) bond motifs is 1. The molecule has 0 unspecified atom stereocenters. The molecule has 0 radical (unpaired) electrons. The summed E-state index contributed by atoms with van der Waals surface area (Å²) < 4.78 is 5.91. The molecule has 2 heterocycles. The molecule has 70 valence electrons. The van der Waals surface area contributed by atoms with E-state index >= 15 is 0 Å². The van der Waals surface area contributed by atoms with Gasteiger partial charge in [0.25, 0.3) is 0 Å². The summed E-state index contributed by atoms with van der Waals surface area (Å²) in [6, 6.07) is 0. The van der Waals surface area contributed by atoms with Crippen LogP contribution in [-0.4, -0.2) is 17.5 Å². The van der Waals surface area contributed by atoms with E-state index in [9.17, 15) is 4.79 Å². The molecular formula is C11H14O2. The Balaban J connectivity index is 2.06. The normalized spacial score (nSPS) is 52.7. The molecular weight excluding hydrogens is 164 g/mol. The molecule has 2 heteroatoms. The van der Waals surface area contributed by atoms with Crippen LogP contribution >= 0.6 is 0 Å². The molecule has 0 aromatic heterocycles. The fraction of sp³-hybridized carbons (Fsp3) is 0.727. The summed E-state index contributed by atoms with van der Waals surface area (Å²) in [6.45, 7) is 2.14. The van der Waals surface area contributed by atoms with Crippen molar-refractivity contribution >= 4 is 5.78 Å². The minimum absolute atomic E-state index is 0.163. The number of Topliss-reactive ketones (excluding diaryl/α,β-unsaturated/α-hetero) is 1. The van der Waals surface area contributed by atoms with Crippen LogP contribution in [0.4, 0.5) is 0 Å². The smallest absolute Gasteiger partial charge is 0.139 e. The lowest BCUT2D eigenvalue weighted by Crippen LogP contribution is -2.43. The summed E-state index contributed by atoms with van der Waals surface area (Å²) >= 11 is 0. The standard InChI is InChI=1S/C11H14O2/c1-7-9-4-6-11(13-9)5-2-3-8(12)10(7)11/h4,6-7,9-10H,2-3,5H2,1H3/t7-,9+,10-,11-/m1/s1. The summed E-state index contributed by atoms with van der Waals surface area (Å²) in [5.41, 5.74) is -0.181. The van der Waals surface area contributed by atoms with Gasteiger partial charge in [-0.15, -0.1) is 0 Å². The average molecular weight is 178 g/mol. The van der Waals surface area contributed by atoms with Gasteiger partial charge in [0.2, 0.25) is 0 Å². The number of carbonyl (C=O) groups excluding carboxylic acids is 1. The van der Waals surface area contributed by atoms with E-state index in [1.807, 2.05) is 0 Å². The zero-order valence-electron chi connectivity index (χ0n) is 7.82. The van der Waals surface area contributed by atoms with Crippen molar-refractivity contribution in [1.29, 1.82) is 0 Å². The number of rotatable bonds is 0. The van der Waals surface area contributed by atoms with E-state index in [1.54, 1.807) is 0 Å². The van der Waals surface area contributed by atoms with Gasteiger partial charge in [0.05, 0.1) is 17.6 Å². The topological polar surface area (TPSA) is 26.3 Å². The molecule has 3 aliphatic rings. The first-order chi connectivity index (χ1) is 6.23. The molecule has 0 aromatic carbocycles. The molecule has 0 N–H and O–H groups in total. The number of ether oxygens (including phenoxy) is 1. The summed E-state index contributed by atoms with van der Waals surface area (Å²) in [4.78, 5) is 11.8. The van der Waals surface area contributed by atoms with E-state index in [1.165, 1.54) is 0 Å². The Labute approximate surface area is 78.0 Å². The summed E-state index contributed by atoms with van der Waals surface area (Å²) in [5.74, 6) is 0.986. The molecule has 0 amide bonds. The van der Waals surface area contributed by atoms with Gasteiger partial charge in [-0.1, -0.05) is 19.1 Å². The van der Waals surface area contributed by atoms with Gasteiger partial charge >= 0.3 is 0 Å². The first-order valence-corrected chi connectivity index (χ1v) is 5.13. The molecule has 0 aromatic rings. The second-order valence-corrected chi connectivity index (χ2v) is 4.55. The van der Waals surface area contributed by atoms with Gasteiger partial charge in [-0.25, -0.2) is 0 Å². The first-order valence-electron chi connectivity index (χ1n) is 5.13. The largest absolute Gasteiger partial charge is 0.363 e. The highest BCUT2D eigenvalue weighted by molar-refractivity contribution is 5.84. The highest BCUT2D eigenvalue weighted by Crippen LogP contribution is 2.52. The molecule has 1 saturated heterocycles. The quantitative estimate of drug-likeness (QED) is 0.528. The van der Waals surface area contributed by atoms with Crippen molar-refractivity contribution in [2.24, 2.45) is 11.8 Å². The monoisotopic (exact) mass is 178 g/mol. The van der Waals surface area contributed by atoms with Gasteiger partial charge in [0, 0.05) is 6.42 Å². The minimum Gasteiger partial charge on any atom is -0.363 e. The van der Waals surface area contributed by atoms with Crippen molar-refractivity contribution in [3.05, 3.63) is 12.2 Å². The van der Waals surface area contributed by atoms with Gasteiger partial charge in [-0.05, 0) is 18.8 Å². The molecule has 1 saturated carbocycles. The average Bonchev–Trinajstić information content (AvgIpc) is 2.60. The second kappa shape index (κ2) is 2.24. The number of hydrogen-bond acceptors (Lipinski definition) is 2. The molecule has 4 atom stereocenters. The molecule has 3 rings (SSSR count). The third-order valence-corrected chi connectivity index (χ3v) is 3.83.